The zero-order valence-electron chi connectivity index (χ0n) is 13.7. The highest BCUT2D eigenvalue weighted by atomic mass is 28.3. The predicted octanol–water partition coefficient (Wildman–Crippen LogP) is 2.73. The summed E-state index contributed by atoms with van der Waals surface area (Å²) in [5, 5.41) is 22.1. The maximum Gasteiger partial charge on any atom is 0.488 e. The van der Waals surface area contributed by atoms with Gasteiger partial charge in [-0.2, -0.15) is 0 Å². The first-order valence-corrected chi connectivity index (χ1v) is 11.4. The summed E-state index contributed by atoms with van der Waals surface area (Å²) in [5.41, 5.74) is 2.90. The van der Waals surface area contributed by atoms with Crippen molar-refractivity contribution in [3.05, 3.63) is 60.7 Å². The molecule has 2 N–H and O–H groups in total. The number of hydrogen-bond donors (Lipinski definition) is 2. The Balaban J connectivity index is 1.98. The molecule has 0 aliphatic carbocycles. The van der Waals surface area contributed by atoms with Crippen molar-refractivity contribution >= 4 is 36.6 Å². The van der Waals surface area contributed by atoms with Gasteiger partial charge in [0.2, 0.25) is 0 Å². The van der Waals surface area contributed by atoms with E-state index in [0.29, 0.717) is 5.46 Å². The van der Waals surface area contributed by atoms with Crippen LogP contribution in [-0.4, -0.2) is 25.2 Å². The number of rotatable bonds is 3. The molecule has 0 amide bonds. The summed E-state index contributed by atoms with van der Waals surface area (Å²) in [4.78, 5) is 0. The van der Waals surface area contributed by atoms with Crippen LogP contribution in [0.5, 0.6) is 0 Å². The summed E-state index contributed by atoms with van der Waals surface area (Å²) in [5.74, 6) is 0. The fourth-order valence-corrected chi connectivity index (χ4v) is 3.93. The monoisotopic (exact) mass is 320 g/mol. The van der Waals surface area contributed by atoms with Crippen molar-refractivity contribution < 1.29 is 10.0 Å². The standard InChI is InChI=1S/C19H21BO2Si/c1-23(2,3)19-10-7-14(8-11-19)15-4-5-17-13-18(20(21)22)9-6-16(17)12-15/h4-13,21-22H,1-3H3. The van der Waals surface area contributed by atoms with E-state index < -0.39 is 15.2 Å². The molecule has 2 nitrogen and oxygen atoms in total. The second kappa shape index (κ2) is 5.96. The quantitative estimate of drug-likeness (QED) is 0.729. The lowest BCUT2D eigenvalue weighted by Crippen LogP contribution is -2.37. The van der Waals surface area contributed by atoms with E-state index in [-0.39, 0.29) is 0 Å². The van der Waals surface area contributed by atoms with Crippen molar-refractivity contribution in [1.82, 2.24) is 0 Å². The van der Waals surface area contributed by atoms with Gasteiger partial charge in [0.15, 0.2) is 0 Å². The van der Waals surface area contributed by atoms with Crippen LogP contribution in [0.25, 0.3) is 21.9 Å². The molecule has 3 aromatic carbocycles. The Bertz CT molecular complexity index is 836. The van der Waals surface area contributed by atoms with Crippen LogP contribution in [0.15, 0.2) is 60.7 Å². The summed E-state index contributed by atoms with van der Waals surface area (Å²) < 4.78 is 0. The smallest absolute Gasteiger partial charge is 0.423 e. The fourth-order valence-electron chi connectivity index (χ4n) is 2.77. The Morgan fingerprint density at radius 1 is 0.696 bits per heavy atom. The molecule has 0 aromatic heterocycles. The minimum absolute atomic E-state index is 0.518. The average Bonchev–Trinajstić information content (AvgIpc) is 2.53. The lowest BCUT2D eigenvalue weighted by molar-refractivity contribution is 0.426. The Labute approximate surface area is 138 Å². The molecule has 0 heterocycles. The second-order valence-corrected chi connectivity index (χ2v) is 12.1. The van der Waals surface area contributed by atoms with Crippen molar-refractivity contribution in [2.24, 2.45) is 0 Å². The molecule has 23 heavy (non-hydrogen) atoms. The lowest BCUT2D eigenvalue weighted by atomic mass is 9.79. The Morgan fingerprint density at radius 2 is 1.26 bits per heavy atom. The second-order valence-electron chi connectivity index (χ2n) is 7.02. The lowest BCUT2D eigenvalue weighted by Gasteiger charge is -2.17. The van der Waals surface area contributed by atoms with Crippen LogP contribution >= 0.6 is 0 Å². The van der Waals surface area contributed by atoms with Gasteiger partial charge in [-0.3, -0.25) is 0 Å². The van der Waals surface area contributed by atoms with E-state index in [1.165, 1.54) is 16.3 Å². The third-order valence-electron chi connectivity index (χ3n) is 4.25. The van der Waals surface area contributed by atoms with Gasteiger partial charge in [-0.15, -0.1) is 0 Å². The van der Waals surface area contributed by atoms with Gasteiger partial charge in [0.1, 0.15) is 0 Å². The average molecular weight is 320 g/mol. The Kier molecular flexibility index (Phi) is 4.15. The summed E-state index contributed by atoms with van der Waals surface area (Å²) >= 11 is 0. The predicted molar refractivity (Wildman–Crippen MR) is 102 cm³/mol. The minimum atomic E-state index is -1.42. The fraction of sp³-hybridized carbons (Fsp3) is 0.158. The van der Waals surface area contributed by atoms with Crippen molar-refractivity contribution in [3.63, 3.8) is 0 Å². The van der Waals surface area contributed by atoms with E-state index in [1.807, 2.05) is 18.2 Å². The highest BCUT2D eigenvalue weighted by Gasteiger charge is 2.16. The zero-order chi connectivity index (χ0) is 16.6. The maximum atomic E-state index is 9.27. The van der Waals surface area contributed by atoms with Crippen molar-refractivity contribution in [3.8, 4) is 11.1 Å². The summed E-state index contributed by atoms with van der Waals surface area (Å²) in [6.45, 7) is 7.06. The van der Waals surface area contributed by atoms with E-state index in [4.69, 9.17) is 0 Å². The molecule has 0 atom stereocenters. The van der Waals surface area contributed by atoms with E-state index in [9.17, 15) is 10.0 Å². The van der Waals surface area contributed by atoms with Gasteiger partial charge in [0.05, 0.1) is 8.07 Å². The summed E-state index contributed by atoms with van der Waals surface area (Å²) in [6, 6.07) is 20.6. The van der Waals surface area contributed by atoms with E-state index in [0.717, 1.165) is 10.8 Å². The van der Waals surface area contributed by atoms with Crippen molar-refractivity contribution in [2.45, 2.75) is 19.6 Å². The molecule has 0 saturated heterocycles. The topological polar surface area (TPSA) is 40.5 Å². The van der Waals surface area contributed by atoms with E-state index >= 15 is 0 Å². The zero-order valence-corrected chi connectivity index (χ0v) is 14.7. The molecule has 116 valence electrons. The highest BCUT2D eigenvalue weighted by molar-refractivity contribution is 6.88. The highest BCUT2D eigenvalue weighted by Crippen LogP contribution is 2.24. The van der Waals surface area contributed by atoms with Crippen molar-refractivity contribution in [2.75, 3.05) is 0 Å². The third-order valence-corrected chi connectivity index (χ3v) is 6.31. The largest absolute Gasteiger partial charge is 0.488 e. The van der Waals surface area contributed by atoms with E-state index in [2.05, 4.69) is 56.0 Å². The van der Waals surface area contributed by atoms with Crippen LogP contribution in [0.4, 0.5) is 0 Å². The van der Waals surface area contributed by atoms with Gasteiger partial charge in [-0.1, -0.05) is 79.4 Å². The van der Waals surface area contributed by atoms with Crippen LogP contribution in [0.3, 0.4) is 0 Å². The van der Waals surface area contributed by atoms with Gasteiger partial charge >= 0.3 is 7.12 Å². The van der Waals surface area contributed by atoms with Crippen LogP contribution in [-0.2, 0) is 0 Å². The molecular formula is C19H21BO2Si. The molecular weight excluding hydrogens is 299 g/mol. The van der Waals surface area contributed by atoms with Gasteiger partial charge in [0, 0.05) is 0 Å². The molecule has 4 heteroatoms. The van der Waals surface area contributed by atoms with Crippen LogP contribution in [0.2, 0.25) is 19.6 Å². The molecule has 0 unspecified atom stereocenters. The van der Waals surface area contributed by atoms with Gasteiger partial charge in [-0.05, 0) is 33.4 Å². The number of benzene rings is 3. The van der Waals surface area contributed by atoms with Crippen molar-refractivity contribution in [1.29, 1.82) is 0 Å². The SMILES string of the molecule is C[Si](C)(C)c1ccc(-c2ccc3cc(B(O)O)ccc3c2)cc1. The van der Waals surface area contributed by atoms with Gasteiger partial charge < -0.3 is 10.0 Å². The summed E-state index contributed by atoms with van der Waals surface area (Å²) in [7, 11) is -2.69. The number of hydrogen-bond acceptors (Lipinski definition) is 2. The Hall–Kier alpha value is -1.88. The van der Waals surface area contributed by atoms with Gasteiger partial charge in [-0.25, -0.2) is 0 Å². The normalized spacial score (nSPS) is 11.7. The van der Waals surface area contributed by atoms with Crippen LogP contribution in [0.1, 0.15) is 0 Å². The molecule has 0 bridgehead atoms. The first-order chi connectivity index (χ1) is 10.8. The summed E-state index contributed by atoms with van der Waals surface area (Å²) in [6.07, 6.45) is 0. The first-order valence-electron chi connectivity index (χ1n) is 7.85. The molecule has 0 aliphatic rings. The molecule has 0 saturated carbocycles. The van der Waals surface area contributed by atoms with Gasteiger partial charge in [0.25, 0.3) is 0 Å². The molecule has 3 rings (SSSR count). The molecule has 0 fully saturated rings. The maximum absolute atomic E-state index is 9.27. The van der Waals surface area contributed by atoms with Crippen LogP contribution < -0.4 is 10.6 Å². The molecule has 0 aliphatic heterocycles. The molecule has 3 aromatic rings. The third kappa shape index (κ3) is 3.39. The van der Waals surface area contributed by atoms with Crippen LogP contribution in [0, 0.1) is 0 Å². The molecule has 0 radical (unpaired) electrons. The first kappa shape index (κ1) is 16.0. The minimum Gasteiger partial charge on any atom is -0.423 e. The number of fused-ring (bicyclic) bond motifs is 1. The Morgan fingerprint density at radius 3 is 1.87 bits per heavy atom. The van der Waals surface area contributed by atoms with E-state index in [1.54, 1.807) is 6.07 Å². The molecule has 0 spiro atoms.